The highest BCUT2D eigenvalue weighted by atomic mass is 16.4. The Balaban J connectivity index is 2.57. The van der Waals surface area contributed by atoms with Gasteiger partial charge >= 0.3 is 11.9 Å². The van der Waals surface area contributed by atoms with Gasteiger partial charge in [0.25, 0.3) is 0 Å². The van der Waals surface area contributed by atoms with Crippen molar-refractivity contribution >= 4 is 17.6 Å². The van der Waals surface area contributed by atoms with Gasteiger partial charge in [-0.05, 0) is 0 Å². The maximum Gasteiger partial charge on any atom is 0.394 e. The lowest BCUT2D eigenvalue weighted by Crippen LogP contribution is -2.21. The van der Waals surface area contributed by atoms with Gasteiger partial charge in [-0.2, -0.15) is 5.10 Å². The second-order valence-corrected chi connectivity index (χ2v) is 1.75. The summed E-state index contributed by atoms with van der Waals surface area (Å²) in [6.45, 7) is 0. The smallest absolute Gasteiger partial charge is 0.394 e. The van der Waals surface area contributed by atoms with Crippen LogP contribution < -0.4 is 5.32 Å². The minimum absolute atomic E-state index is 0.331. The molecule has 1 amide bonds. The Labute approximate surface area is 61.2 Å². The third-order valence-corrected chi connectivity index (χ3v) is 0.950. The Kier molecular flexibility index (Phi) is 1.86. The molecule has 0 aliphatic carbocycles. The summed E-state index contributed by atoms with van der Waals surface area (Å²) >= 11 is 0. The average Bonchev–Trinajstić information content (AvgIpc) is 2.39. The summed E-state index contributed by atoms with van der Waals surface area (Å²) in [5.41, 5.74) is 0.331. The molecule has 1 aromatic heterocycles. The van der Waals surface area contributed by atoms with Gasteiger partial charge in [0.05, 0.1) is 11.9 Å². The molecule has 0 saturated carbocycles. The van der Waals surface area contributed by atoms with Gasteiger partial charge in [0.2, 0.25) is 0 Å². The Hall–Kier alpha value is -1.85. The number of carboxylic acid groups (broad SMARTS) is 1. The molecule has 1 heterocycles. The van der Waals surface area contributed by atoms with Crippen LogP contribution in [0.25, 0.3) is 0 Å². The number of aromatic nitrogens is 2. The molecule has 3 N–H and O–H groups in total. The third kappa shape index (κ3) is 1.78. The molecule has 0 radical (unpaired) electrons. The highest BCUT2D eigenvalue weighted by molar-refractivity contribution is 6.36. The van der Waals surface area contributed by atoms with Crippen molar-refractivity contribution in [2.24, 2.45) is 0 Å². The van der Waals surface area contributed by atoms with Crippen molar-refractivity contribution in [2.45, 2.75) is 0 Å². The van der Waals surface area contributed by atoms with Crippen molar-refractivity contribution < 1.29 is 14.7 Å². The number of anilines is 1. The molecule has 0 aliphatic heterocycles. The van der Waals surface area contributed by atoms with Crippen LogP contribution in [0.5, 0.6) is 0 Å². The molecular formula is C5H5N3O3. The molecule has 0 fully saturated rings. The Morgan fingerprint density at radius 3 is 2.82 bits per heavy atom. The predicted molar refractivity (Wildman–Crippen MR) is 34.9 cm³/mol. The maximum absolute atomic E-state index is 10.5. The van der Waals surface area contributed by atoms with Gasteiger partial charge in [-0.1, -0.05) is 0 Å². The van der Waals surface area contributed by atoms with Crippen LogP contribution in [0, 0.1) is 0 Å². The predicted octanol–water partition coefficient (Wildman–Crippen LogP) is -0.567. The van der Waals surface area contributed by atoms with E-state index in [0.717, 1.165) is 0 Å². The average molecular weight is 155 g/mol. The number of nitrogens with one attached hydrogen (secondary N) is 2. The fraction of sp³-hybridized carbons (Fsp3) is 0. The van der Waals surface area contributed by atoms with E-state index in [1.807, 2.05) is 0 Å². The van der Waals surface area contributed by atoms with Crippen LogP contribution in [0.3, 0.4) is 0 Å². The number of carboxylic acids is 1. The Bertz CT molecular complexity index is 267. The van der Waals surface area contributed by atoms with Crippen molar-refractivity contribution in [1.29, 1.82) is 0 Å². The first-order valence-corrected chi connectivity index (χ1v) is 2.73. The second kappa shape index (κ2) is 2.82. The van der Waals surface area contributed by atoms with E-state index in [0.29, 0.717) is 5.69 Å². The summed E-state index contributed by atoms with van der Waals surface area (Å²) in [5.74, 6) is -2.60. The van der Waals surface area contributed by atoms with E-state index < -0.39 is 11.9 Å². The van der Waals surface area contributed by atoms with E-state index in [1.165, 1.54) is 12.4 Å². The van der Waals surface area contributed by atoms with Crippen LogP contribution in [0.15, 0.2) is 12.4 Å². The molecule has 0 atom stereocenters. The van der Waals surface area contributed by atoms with Crippen LogP contribution in [-0.4, -0.2) is 27.2 Å². The summed E-state index contributed by atoms with van der Waals surface area (Å²) in [6, 6.07) is 0. The zero-order valence-electron chi connectivity index (χ0n) is 5.37. The van der Waals surface area contributed by atoms with E-state index >= 15 is 0 Å². The highest BCUT2D eigenvalue weighted by Crippen LogP contribution is 1.99. The van der Waals surface area contributed by atoms with E-state index in [2.05, 4.69) is 15.5 Å². The van der Waals surface area contributed by atoms with Crippen LogP contribution in [0.4, 0.5) is 5.69 Å². The first-order valence-electron chi connectivity index (χ1n) is 2.73. The molecule has 0 aliphatic rings. The molecule has 6 nitrogen and oxygen atoms in total. The number of nitrogens with zero attached hydrogens (tertiary/aromatic N) is 1. The van der Waals surface area contributed by atoms with Crippen molar-refractivity contribution in [3.8, 4) is 0 Å². The standard InChI is InChI=1S/C5H5N3O3/c9-4(5(10)11)8-3-1-6-7-2-3/h1-2H,(H,6,7)(H,8,9)(H,10,11). The zero-order chi connectivity index (χ0) is 8.27. The third-order valence-electron chi connectivity index (χ3n) is 0.950. The van der Waals surface area contributed by atoms with Gasteiger partial charge in [-0.25, -0.2) is 4.79 Å². The van der Waals surface area contributed by atoms with Gasteiger partial charge in [-0.15, -0.1) is 0 Å². The van der Waals surface area contributed by atoms with Crippen molar-refractivity contribution in [2.75, 3.05) is 5.32 Å². The van der Waals surface area contributed by atoms with Crippen LogP contribution >= 0.6 is 0 Å². The maximum atomic E-state index is 10.5. The van der Waals surface area contributed by atoms with Gasteiger partial charge in [-0.3, -0.25) is 9.89 Å². The highest BCUT2D eigenvalue weighted by Gasteiger charge is 2.10. The number of hydrogen-bond donors (Lipinski definition) is 3. The first kappa shape index (κ1) is 7.26. The Morgan fingerprint density at radius 2 is 2.36 bits per heavy atom. The number of H-pyrrole nitrogens is 1. The summed E-state index contributed by atoms with van der Waals surface area (Å²) in [5, 5.41) is 16.1. The number of amides is 1. The number of carbonyl (C=O) groups excluding carboxylic acids is 1. The molecule has 0 bridgehead atoms. The van der Waals surface area contributed by atoms with E-state index in [9.17, 15) is 9.59 Å². The second-order valence-electron chi connectivity index (χ2n) is 1.75. The van der Waals surface area contributed by atoms with E-state index in [4.69, 9.17) is 5.11 Å². The molecule has 11 heavy (non-hydrogen) atoms. The molecule has 6 heteroatoms. The quantitative estimate of drug-likeness (QED) is 0.473. The Morgan fingerprint density at radius 1 is 1.64 bits per heavy atom. The minimum Gasteiger partial charge on any atom is -0.474 e. The van der Waals surface area contributed by atoms with Crippen molar-refractivity contribution in [3.63, 3.8) is 0 Å². The normalized spacial score (nSPS) is 9.09. The molecule has 58 valence electrons. The molecule has 0 saturated heterocycles. The fourth-order valence-electron chi connectivity index (χ4n) is 0.504. The SMILES string of the molecule is O=C(O)C(=O)Nc1cn[nH]c1. The zero-order valence-corrected chi connectivity index (χ0v) is 5.37. The first-order chi connectivity index (χ1) is 5.20. The summed E-state index contributed by atoms with van der Waals surface area (Å²) in [6.07, 6.45) is 2.68. The van der Waals surface area contributed by atoms with Gasteiger partial charge in [0, 0.05) is 6.20 Å². The molecule has 0 aromatic carbocycles. The van der Waals surface area contributed by atoms with Crippen LogP contribution in [0.2, 0.25) is 0 Å². The number of aromatic amines is 1. The van der Waals surface area contributed by atoms with Gasteiger partial charge in [0.1, 0.15) is 0 Å². The monoisotopic (exact) mass is 155 g/mol. The van der Waals surface area contributed by atoms with Crippen LogP contribution in [-0.2, 0) is 9.59 Å². The summed E-state index contributed by atoms with van der Waals surface area (Å²) < 4.78 is 0. The number of hydrogen-bond acceptors (Lipinski definition) is 3. The summed E-state index contributed by atoms with van der Waals surface area (Å²) in [4.78, 5) is 20.4. The summed E-state index contributed by atoms with van der Waals surface area (Å²) in [7, 11) is 0. The van der Waals surface area contributed by atoms with Crippen molar-refractivity contribution in [3.05, 3.63) is 12.4 Å². The molecule has 0 unspecified atom stereocenters. The number of rotatable bonds is 1. The lowest BCUT2D eigenvalue weighted by molar-refractivity contribution is -0.147. The van der Waals surface area contributed by atoms with Gasteiger partial charge in [0.15, 0.2) is 0 Å². The number of aliphatic carboxylic acids is 1. The van der Waals surface area contributed by atoms with Gasteiger partial charge < -0.3 is 10.4 Å². The van der Waals surface area contributed by atoms with Crippen LogP contribution in [0.1, 0.15) is 0 Å². The molecule has 1 rings (SSSR count). The molecular weight excluding hydrogens is 150 g/mol. The van der Waals surface area contributed by atoms with Crippen molar-refractivity contribution in [1.82, 2.24) is 10.2 Å². The lowest BCUT2D eigenvalue weighted by Gasteiger charge is -1.93. The topological polar surface area (TPSA) is 95.1 Å². The largest absolute Gasteiger partial charge is 0.474 e. The lowest BCUT2D eigenvalue weighted by atomic mass is 10.5. The minimum atomic E-state index is -1.52. The number of carbonyl (C=O) groups is 2. The fourth-order valence-corrected chi connectivity index (χ4v) is 0.504. The van der Waals surface area contributed by atoms with E-state index in [-0.39, 0.29) is 0 Å². The molecule has 0 spiro atoms. The van der Waals surface area contributed by atoms with E-state index in [1.54, 1.807) is 0 Å². The molecule has 1 aromatic rings.